The van der Waals surface area contributed by atoms with Crippen molar-refractivity contribution in [3.05, 3.63) is 86.3 Å². The van der Waals surface area contributed by atoms with E-state index in [2.05, 4.69) is 36.8 Å². The molecule has 182 valence electrons. The normalized spacial score (nSPS) is 11.0. The Morgan fingerprint density at radius 1 is 1.00 bits per heavy atom. The fraction of sp³-hybridized carbons (Fsp3) is 0.208. The van der Waals surface area contributed by atoms with Crippen molar-refractivity contribution in [1.82, 2.24) is 25.5 Å². The molecule has 4 aromatic rings. The number of tetrazole rings is 1. The number of methoxy groups -OCH3 is 1. The van der Waals surface area contributed by atoms with E-state index in [9.17, 15) is 0 Å². The molecule has 0 bridgehead atoms. The summed E-state index contributed by atoms with van der Waals surface area (Å²) < 4.78 is 14.4. The van der Waals surface area contributed by atoms with Crippen molar-refractivity contribution in [2.75, 3.05) is 19.4 Å². The Kier molecular flexibility index (Phi) is 9.28. The van der Waals surface area contributed by atoms with Crippen LogP contribution in [0.25, 0.3) is 5.69 Å². The summed E-state index contributed by atoms with van der Waals surface area (Å²) in [6.45, 7) is 1.51. The number of nitrogens with one attached hydrogen (secondary N) is 1. The van der Waals surface area contributed by atoms with Crippen molar-refractivity contribution in [3.8, 4) is 17.2 Å². The Morgan fingerprint density at radius 2 is 1.77 bits per heavy atom. The predicted octanol–water partition coefficient (Wildman–Crippen LogP) is 6.20. The van der Waals surface area contributed by atoms with Crippen molar-refractivity contribution < 1.29 is 9.47 Å². The minimum absolute atomic E-state index is 0.219. The van der Waals surface area contributed by atoms with E-state index in [-0.39, 0.29) is 6.61 Å². The first-order valence-electron chi connectivity index (χ1n) is 10.7. The van der Waals surface area contributed by atoms with E-state index in [0.717, 1.165) is 38.7 Å². The quantitative estimate of drug-likeness (QED) is 0.164. The van der Waals surface area contributed by atoms with E-state index in [1.54, 1.807) is 41.8 Å². The Labute approximate surface area is 226 Å². The molecular formula is C24H22BrCl2N5O2S. The summed E-state index contributed by atoms with van der Waals surface area (Å²) in [5.74, 6) is 2.04. The molecule has 0 spiro atoms. The van der Waals surface area contributed by atoms with E-state index in [4.69, 9.17) is 32.7 Å². The predicted molar refractivity (Wildman–Crippen MR) is 143 cm³/mol. The fourth-order valence-electron chi connectivity index (χ4n) is 3.31. The van der Waals surface area contributed by atoms with Crippen LogP contribution in [0.1, 0.15) is 11.1 Å². The summed E-state index contributed by atoms with van der Waals surface area (Å²) in [7, 11) is 1.61. The molecule has 11 heteroatoms. The Balaban J connectivity index is 1.38. The van der Waals surface area contributed by atoms with Gasteiger partial charge in [0.15, 0.2) is 11.5 Å². The first-order valence-corrected chi connectivity index (χ1v) is 13.2. The smallest absolute Gasteiger partial charge is 0.214 e. The van der Waals surface area contributed by atoms with Gasteiger partial charge in [-0.2, -0.15) is 4.68 Å². The summed E-state index contributed by atoms with van der Waals surface area (Å²) in [4.78, 5) is 0. The second-order valence-electron chi connectivity index (χ2n) is 7.28. The van der Waals surface area contributed by atoms with E-state index in [0.29, 0.717) is 28.1 Å². The van der Waals surface area contributed by atoms with Crippen LogP contribution >= 0.6 is 50.9 Å². The zero-order chi connectivity index (χ0) is 24.6. The average Bonchev–Trinajstić information content (AvgIpc) is 3.34. The summed E-state index contributed by atoms with van der Waals surface area (Å²) >= 11 is 17.8. The Hall–Kier alpha value is -2.30. The van der Waals surface area contributed by atoms with Crippen LogP contribution < -0.4 is 14.8 Å². The molecular weight excluding hydrogens is 573 g/mol. The molecule has 0 fully saturated rings. The Morgan fingerprint density at radius 3 is 2.51 bits per heavy atom. The number of halogens is 3. The molecule has 7 nitrogen and oxygen atoms in total. The molecule has 0 saturated carbocycles. The topological polar surface area (TPSA) is 74.1 Å². The highest BCUT2D eigenvalue weighted by atomic mass is 79.9. The number of rotatable bonds is 11. The fourth-order valence-corrected chi connectivity index (χ4v) is 5.06. The second kappa shape index (κ2) is 12.6. The molecule has 0 saturated heterocycles. The molecule has 4 rings (SSSR count). The highest BCUT2D eigenvalue weighted by Gasteiger charge is 2.16. The zero-order valence-corrected chi connectivity index (χ0v) is 22.7. The van der Waals surface area contributed by atoms with Crippen LogP contribution in [-0.2, 0) is 13.2 Å². The van der Waals surface area contributed by atoms with Crippen LogP contribution in [0.4, 0.5) is 0 Å². The molecule has 0 atom stereocenters. The Bertz CT molecular complexity index is 1260. The van der Waals surface area contributed by atoms with Gasteiger partial charge < -0.3 is 14.8 Å². The number of benzene rings is 3. The van der Waals surface area contributed by atoms with Crippen LogP contribution in [0.15, 0.2) is 70.3 Å². The number of para-hydroxylation sites is 1. The lowest BCUT2D eigenvalue weighted by atomic mass is 10.1. The maximum atomic E-state index is 6.32. The van der Waals surface area contributed by atoms with Gasteiger partial charge in [0, 0.05) is 44.5 Å². The van der Waals surface area contributed by atoms with E-state index < -0.39 is 0 Å². The van der Waals surface area contributed by atoms with Gasteiger partial charge in [0.05, 0.1) is 12.8 Å². The minimum atomic E-state index is 0.219. The maximum Gasteiger partial charge on any atom is 0.214 e. The zero-order valence-electron chi connectivity index (χ0n) is 18.7. The van der Waals surface area contributed by atoms with Gasteiger partial charge in [-0.05, 0) is 46.8 Å². The van der Waals surface area contributed by atoms with Crippen LogP contribution in [-0.4, -0.2) is 39.6 Å². The SMILES string of the molecule is COc1ccc(Br)c(CNCCSc2nnnn2-c2ccccc2)c1OCc1c(Cl)cccc1Cl. The lowest BCUT2D eigenvalue weighted by Gasteiger charge is -2.18. The molecule has 0 aliphatic carbocycles. The first-order chi connectivity index (χ1) is 17.1. The molecule has 1 N–H and O–H groups in total. The molecule has 0 aliphatic rings. The monoisotopic (exact) mass is 593 g/mol. The number of ether oxygens (including phenoxy) is 2. The number of hydrogen-bond acceptors (Lipinski definition) is 7. The van der Waals surface area contributed by atoms with E-state index in [1.165, 1.54) is 0 Å². The van der Waals surface area contributed by atoms with Crippen molar-refractivity contribution in [2.45, 2.75) is 18.3 Å². The standard InChI is InChI=1S/C24H22BrCl2N5O2S/c1-33-22-11-10-19(25)17(23(22)34-15-18-20(26)8-5-9-21(18)27)14-28-12-13-35-24-29-30-31-32(24)16-6-3-2-4-7-16/h2-11,28H,12-15H2,1H3. The molecule has 1 heterocycles. The molecule has 0 radical (unpaired) electrons. The highest BCUT2D eigenvalue weighted by Crippen LogP contribution is 2.37. The van der Waals surface area contributed by atoms with Gasteiger partial charge in [0.2, 0.25) is 5.16 Å². The average molecular weight is 595 g/mol. The van der Waals surface area contributed by atoms with Crippen molar-refractivity contribution in [1.29, 1.82) is 0 Å². The first kappa shape index (κ1) is 25.8. The van der Waals surface area contributed by atoms with Crippen LogP contribution in [0.5, 0.6) is 11.5 Å². The van der Waals surface area contributed by atoms with Gasteiger partial charge >= 0.3 is 0 Å². The third kappa shape index (κ3) is 6.48. The number of nitrogens with zero attached hydrogens (tertiary/aromatic N) is 4. The molecule has 1 aromatic heterocycles. The molecule has 35 heavy (non-hydrogen) atoms. The number of aromatic nitrogens is 4. The molecule has 0 amide bonds. The number of hydrogen-bond donors (Lipinski definition) is 1. The van der Waals surface area contributed by atoms with Crippen LogP contribution in [0.2, 0.25) is 10.0 Å². The number of thioether (sulfide) groups is 1. The van der Waals surface area contributed by atoms with Gasteiger partial charge in [-0.25, -0.2) is 0 Å². The van der Waals surface area contributed by atoms with Gasteiger partial charge in [-0.15, -0.1) is 5.10 Å². The second-order valence-corrected chi connectivity index (χ2v) is 10.0. The van der Waals surface area contributed by atoms with Gasteiger partial charge in [-0.1, -0.05) is 75.2 Å². The third-order valence-corrected chi connectivity index (χ3v) is 7.44. The highest BCUT2D eigenvalue weighted by molar-refractivity contribution is 9.10. The largest absolute Gasteiger partial charge is 0.493 e. The summed E-state index contributed by atoms with van der Waals surface area (Å²) in [5.41, 5.74) is 2.59. The minimum Gasteiger partial charge on any atom is -0.493 e. The third-order valence-electron chi connectivity index (χ3n) is 5.06. The molecule has 0 aliphatic heterocycles. The lowest BCUT2D eigenvalue weighted by Crippen LogP contribution is -2.18. The summed E-state index contributed by atoms with van der Waals surface area (Å²) in [6, 6.07) is 19.0. The van der Waals surface area contributed by atoms with Gasteiger partial charge in [0.25, 0.3) is 0 Å². The van der Waals surface area contributed by atoms with Crippen molar-refractivity contribution in [3.63, 3.8) is 0 Å². The van der Waals surface area contributed by atoms with E-state index >= 15 is 0 Å². The molecule has 0 unspecified atom stereocenters. The van der Waals surface area contributed by atoms with Gasteiger partial charge in [0.1, 0.15) is 6.61 Å². The molecule has 3 aromatic carbocycles. The van der Waals surface area contributed by atoms with Gasteiger partial charge in [-0.3, -0.25) is 0 Å². The summed E-state index contributed by atoms with van der Waals surface area (Å²) in [6.07, 6.45) is 0. The van der Waals surface area contributed by atoms with Crippen LogP contribution in [0, 0.1) is 0 Å². The van der Waals surface area contributed by atoms with Crippen LogP contribution in [0.3, 0.4) is 0 Å². The maximum absolute atomic E-state index is 6.32. The van der Waals surface area contributed by atoms with Crippen molar-refractivity contribution in [2.24, 2.45) is 0 Å². The van der Waals surface area contributed by atoms with Crippen molar-refractivity contribution >= 4 is 50.9 Å². The van der Waals surface area contributed by atoms with E-state index in [1.807, 2.05) is 42.5 Å². The summed E-state index contributed by atoms with van der Waals surface area (Å²) in [5, 5.41) is 17.4. The lowest BCUT2D eigenvalue weighted by molar-refractivity contribution is 0.280.